The molecule has 1 rings (SSSR count). The lowest BCUT2D eigenvalue weighted by molar-refractivity contribution is -0.0498. The number of amides is 2. The van der Waals surface area contributed by atoms with Gasteiger partial charge in [-0.2, -0.15) is 8.78 Å². The minimum Gasteiger partial charge on any atom is -0.443 e. The van der Waals surface area contributed by atoms with Crippen molar-refractivity contribution in [1.82, 2.24) is 10.9 Å². The molecule has 0 fully saturated rings. The number of ether oxygens (including phenoxy) is 2. The van der Waals surface area contributed by atoms with Gasteiger partial charge in [-0.3, -0.25) is 10.2 Å². The number of hydrazine groups is 1. The maximum absolute atomic E-state index is 12.1. The molecule has 116 valence electrons. The standard InChI is InChI=1S/C13H16F2N2O4/c1-13(2,3)21-12(19)17-16-10(18)8-5-4-6-9(7-8)20-11(14)15/h4-7,11H,1-3H3,(H,16,18)(H,17,19). The predicted molar refractivity (Wildman–Crippen MR) is 69.9 cm³/mol. The lowest BCUT2D eigenvalue weighted by atomic mass is 10.2. The molecular formula is C13H16F2N2O4. The van der Waals surface area contributed by atoms with Crippen LogP contribution >= 0.6 is 0 Å². The van der Waals surface area contributed by atoms with Gasteiger partial charge in [-0.15, -0.1) is 0 Å². The predicted octanol–water partition coefficient (Wildman–Crippen LogP) is 2.46. The van der Waals surface area contributed by atoms with E-state index in [-0.39, 0.29) is 11.3 Å². The first kappa shape index (κ1) is 16.7. The van der Waals surface area contributed by atoms with Gasteiger partial charge < -0.3 is 9.47 Å². The summed E-state index contributed by atoms with van der Waals surface area (Å²) in [5, 5.41) is 0. The van der Waals surface area contributed by atoms with Gasteiger partial charge in [0.05, 0.1) is 0 Å². The second-order valence-electron chi connectivity index (χ2n) is 4.99. The van der Waals surface area contributed by atoms with Crippen LogP contribution in [-0.4, -0.2) is 24.2 Å². The molecule has 0 aliphatic rings. The van der Waals surface area contributed by atoms with E-state index in [0.717, 1.165) is 6.07 Å². The zero-order valence-electron chi connectivity index (χ0n) is 11.8. The number of rotatable bonds is 3. The van der Waals surface area contributed by atoms with Crippen molar-refractivity contribution in [3.63, 3.8) is 0 Å². The SMILES string of the molecule is CC(C)(C)OC(=O)NNC(=O)c1cccc(OC(F)F)c1. The molecule has 0 aromatic heterocycles. The Morgan fingerprint density at radius 3 is 2.43 bits per heavy atom. The summed E-state index contributed by atoms with van der Waals surface area (Å²) in [7, 11) is 0. The highest BCUT2D eigenvalue weighted by Gasteiger charge is 2.17. The molecule has 0 heterocycles. The summed E-state index contributed by atoms with van der Waals surface area (Å²) >= 11 is 0. The van der Waals surface area contributed by atoms with E-state index < -0.39 is 24.2 Å². The molecule has 21 heavy (non-hydrogen) atoms. The van der Waals surface area contributed by atoms with Gasteiger partial charge in [-0.25, -0.2) is 10.2 Å². The van der Waals surface area contributed by atoms with E-state index in [1.807, 2.05) is 5.43 Å². The minimum atomic E-state index is -2.98. The Bertz CT molecular complexity index is 515. The number of carbonyl (C=O) groups excluding carboxylic acids is 2. The van der Waals surface area contributed by atoms with Gasteiger partial charge in [0.15, 0.2) is 0 Å². The highest BCUT2D eigenvalue weighted by molar-refractivity contribution is 5.95. The second-order valence-corrected chi connectivity index (χ2v) is 4.99. The molecule has 0 saturated carbocycles. The Balaban J connectivity index is 2.58. The average Bonchev–Trinajstić information content (AvgIpc) is 2.33. The Hall–Kier alpha value is -2.38. The van der Waals surface area contributed by atoms with Crippen LogP contribution in [0.2, 0.25) is 0 Å². The van der Waals surface area contributed by atoms with Crippen molar-refractivity contribution in [3.8, 4) is 5.75 Å². The van der Waals surface area contributed by atoms with E-state index in [0.29, 0.717) is 0 Å². The second kappa shape index (κ2) is 6.87. The zero-order valence-corrected chi connectivity index (χ0v) is 11.8. The summed E-state index contributed by atoms with van der Waals surface area (Å²) in [6, 6.07) is 5.16. The van der Waals surface area contributed by atoms with Gasteiger partial charge in [-0.05, 0) is 39.0 Å². The van der Waals surface area contributed by atoms with E-state index >= 15 is 0 Å². The topological polar surface area (TPSA) is 76.7 Å². The van der Waals surface area contributed by atoms with Crippen molar-refractivity contribution < 1.29 is 27.8 Å². The number of hydrogen-bond donors (Lipinski definition) is 2. The van der Waals surface area contributed by atoms with Crippen LogP contribution in [0.25, 0.3) is 0 Å². The Morgan fingerprint density at radius 2 is 1.86 bits per heavy atom. The summed E-state index contributed by atoms with van der Waals surface area (Å²) in [4.78, 5) is 23.1. The summed E-state index contributed by atoms with van der Waals surface area (Å²) in [5.74, 6) is -0.851. The Morgan fingerprint density at radius 1 is 1.19 bits per heavy atom. The van der Waals surface area contributed by atoms with Crippen LogP contribution in [0.5, 0.6) is 5.75 Å². The highest BCUT2D eigenvalue weighted by Crippen LogP contribution is 2.15. The first-order valence-electron chi connectivity index (χ1n) is 6.01. The van der Waals surface area contributed by atoms with E-state index in [1.54, 1.807) is 20.8 Å². The van der Waals surface area contributed by atoms with Crippen molar-refractivity contribution in [2.24, 2.45) is 0 Å². The molecule has 2 amide bonds. The summed E-state index contributed by atoms with van der Waals surface area (Å²) < 4.78 is 33.2. The van der Waals surface area contributed by atoms with Gasteiger partial charge >= 0.3 is 12.7 Å². The number of alkyl halides is 2. The third kappa shape index (κ3) is 6.55. The number of hydrogen-bond acceptors (Lipinski definition) is 4. The quantitative estimate of drug-likeness (QED) is 0.841. The van der Waals surface area contributed by atoms with Crippen molar-refractivity contribution in [2.75, 3.05) is 0 Å². The average molecular weight is 302 g/mol. The summed E-state index contributed by atoms with van der Waals surface area (Å²) in [5.41, 5.74) is 3.48. The van der Waals surface area contributed by atoms with Crippen LogP contribution in [-0.2, 0) is 4.74 Å². The van der Waals surface area contributed by atoms with Crippen LogP contribution in [0.15, 0.2) is 24.3 Å². The molecule has 0 saturated heterocycles. The van der Waals surface area contributed by atoms with Crippen LogP contribution in [0.4, 0.5) is 13.6 Å². The molecule has 0 unspecified atom stereocenters. The lowest BCUT2D eigenvalue weighted by Crippen LogP contribution is -2.44. The molecule has 1 aromatic rings. The molecule has 0 radical (unpaired) electrons. The van der Waals surface area contributed by atoms with Crippen molar-refractivity contribution in [1.29, 1.82) is 0 Å². The van der Waals surface area contributed by atoms with E-state index in [4.69, 9.17) is 4.74 Å². The summed E-state index contributed by atoms with van der Waals surface area (Å²) in [6.45, 7) is 2.02. The van der Waals surface area contributed by atoms with Gasteiger partial charge in [0.1, 0.15) is 11.4 Å². The first-order chi connectivity index (χ1) is 9.67. The van der Waals surface area contributed by atoms with Crippen molar-refractivity contribution in [2.45, 2.75) is 33.0 Å². The molecule has 8 heteroatoms. The molecule has 0 spiro atoms. The normalized spacial score (nSPS) is 11.0. The lowest BCUT2D eigenvalue weighted by Gasteiger charge is -2.19. The fourth-order valence-corrected chi connectivity index (χ4v) is 1.30. The Kier molecular flexibility index (Phi) is 5.45. The highest BCUT2D eigenvalue weighted by atomic mass is 19.3. The van der Waals surface area contributed by atoms with Crippen molar-refractivity contribution >= 4 is 12.0 Å². The smallest absolute Gasteiger partial charge is 0.426 e. The van der Waals surface area contributed by atoms with E-state index in [1.165, 1.54) is 18.2 Å². The molecule has 0 aliphatic heterocycles. The van der Waals surface area contributed by atoms with Crippen LogP contribution in [0, 0.1) is 0 Å². The van der Waals surface area contributed by atoms with Gasteiger partial charge in [0.2, 0.25) is 0 Å². The molecule has 2 N–H and O–H groups in total. The fraction of sp³-hybridized carbons (Fsp3) is 0.385. The molecular weight excluding hydrogens is 286 g/mol. The third-order valence-electron chi connectivity index (χ3n) is 2.00. The zero-order chi connectivity index (χ0) is 16.0. The fourth-order valence-electron chi connectivity index (χ4n) is 1.30. The number of nitrogens with one attached hydrogen (secondary N) is 2. The monoisotopic (exact) mass is 302 g/mol. The largest absolute Gasteiger partial charge is 0.443 e. The minimum absolute atomic E-state index is 0.0456. The van der Waals surface area contributed by atoms with E-state index in [9.17, 15) is 18.4 Å². The number of benzene rings is 1. The molecule has 0 aliphatic carbocycles. The molecule has 1 aromatic carbocycles. The van der Waals surface area contributed by atoms with Crippen LogP contribution in [0.1, 0.15) is 31.1 Å². The Labute approximate surface area is 120 Å². The molecule has 0 atom stereocenters. The van der Waals surface area contributed by atoms with E-state index in [2.05, 4.69) is 10.2 Å². The maximum atomic E-state index is 12.1. The summed E-state index contributed by atoms with van der Waals surface area (Å²) in [6.07, 6.45) is -0.837. The third-order valence-corrected chi connectivity index (χ3v) is 2.00. The number of carbonyl (C=O) groups is 2. The van der Waals surface area contributed by atoms with Gasteiger partial charge in [-0.1, -0.05) is 6.07 Å². The van der Waals surface area contributed by atoms with Gasteiger partial charge in [0, 0.05) is 5.56 Å². The van der Waals surface area contributed by atoms with Crippen LogP contribution < -0.4 is 15.6 Å². The molecule has 0 bridgehead atoms. The maximum Gasteiger partial charge on any atom is 0.426 e. The molecule has 6 nitrogen and oxygen atoms in total. The van der Waals surface area contributed by atoms with Crippen LogP contribution in [0.3, 0.4) is 0 Å². The number of halogens is 2. The first-order valence-corrected chi connectivity index (χ1v) is 6.01. The van der Waals surface area contributed by atoms with Gasteiger partial charge in [0.25, 0.3) is 5.91 Å². The van der Waals surface area contributed by atoms with Crippen molar-refractivity contribution in [3.05, 3.63) is 29.8 Å².